The standard InChI is InChI=1S/C9H14S/c1-2-10-9-6-7-3-4-8(9)5-7/h6-8H,2-5H2,1H3. The summed E-state index contributed by atoms with van der Waals surface area (Å²) >= 11 is 2.06. The minimum atomic E-state index is 0.971. The molecule has 0 radical (unpaired) electrons. The zero-order valence-corrected chi connectivity index (χ0v) is 7.29. The summed E-state index contributed by atoms with van der Waals surface area (Å²) in [6.07, 6.45) is 6.94. The van der Waals surface area contributed by atoms with E-state index < -0.39 is 0 Å². The maximum atomic E-state index is 2.52. The summed E-state index contributed by atoms with van der Waals surface area (Å²) in [6, 6.07) is 0. The van der Waals surface area contributed by atoms with Crippen LogP contribution in [0.4, 0.5) is 0 Å². The van der Waals surface area contributed by atoms with E-state index in [1.54, 1.807) is 4.91 Å². The van der Waals surface area contributed by atoms with E-state index in [-0.39, 0.29) is 0 Å². The molecular weight excluding hydrogens is 140 g/mol. The Bertz CT molecular complexity index is 160. The van der Waals surface area contributed by atoms with Crippen LogP contribution in [0.5, 0.6) is 0 Å². The maximum absolute atomic E-state index is 2.52. The average molecular weight is 154 g/mol. The number of fused-ring (bicyclic) bond motifs is 2. The van der Waals surface area contributed by atoms with Gasteiger partial charge in [-0.3, -0.25) is 0 Å². The van der Waals surface area contributed by atoms with E-state index in [1.165, 1.54) is 25.0 Å². The second kappa shape index (κ2) is 2.61. The van der Waals surface area contributed by atoms with Gasteiger partial charge in [0.15, 0.2) is 0 Å². The smallest absolute Gasteiger partial charge is 0.00517 e. The quantitative estimate of drug-likeness (QED) is 0.589. The van der Waals surface area contributed by atoms with Crippen LogP contribution >= 0.6 is 11.8 Å². The second-order valence-corrected chi connectivity index (χ2v) is 4.61. The summed E-state index contributed by atoms with van der Waals surface area (Å²) in [6.45, 7) is 2.25. The summed E-state index contributed by atoms with van der Waals surface area (Å²) in [4.78, 5) is 1.71. The van der Waals surface area contributed by atoms with Crippen molar-refractivity contribution in [2.75, 3.05) is 5.75 Å². The van der Waals surface area contributed by atoms with Crippen molar-refractivity contribution in [2.24, 2.45) is 11.8 Å². The van der Waals surface area contributed by atoms with Crippen molar-refractivity contribution in [3.63, 3.8) is 0 Å². The van der Waals surface area contributed by atoms with E-state index >= 15 is 0 Å². The van der Waals surface area contributed by atoms with Crippen LogP contribution in [0.1, 0.15) is 26.2 Å². The monoisotopic (exact) mass is 154 g/mol. The molecule has 0 nitrogen and oxygen atoms in total. The van der Waals surface area contributed by atoms with Gasteiger partial charge in [-0.05, 0) is 41.8 Å². The third kappa shape index (κ3) is 1.01. The first-order chi connectivity index (χ1) is 4.90. The third-order valence-electron chi connectivity index (χ3n) is 2.59. The number of rotatable bonds is 2. The van der Waals surface area contributed by atoms with Gasteiger partial charge in [0.2, 0.25) is 0 Å². The molecule has 10 heavy (non-hydrogen) atoms. The minimum Gasteiger partial charge on any atom is -0.131 e. The molecular formula is C9H14S. The summed E-state index contributed by atoms with van der Waals surface area (Å²) in [5, 5.41) is 0. The molecule has 2 aliphatic rings. The van der Waals surface area contributed by atoms with E-state index in [9.17, 15) is 0 Å². The average Bonchev–Trinajstić information content (AvgIpc) is 2.48. The van der Waals surface area contributed by atoms with Crippen LogP contribution in [-0.4, -0.2) is 5.75 Å². The molecule has 0 aromatic heterocycles. The van der Waals surface area contributed by atoms with Crippen LogP contribution in [0.2, 0.25) is 0 Å². The lowest BCUT2D eigenvalue weighted by Gasteiger charge is -2.10. The van der Waals surface area contributed by atoms with E-state index in [0.29, 0.717) is 0 Å². The molecule has 2 unspecified atom stereocenters. The molecule has 0 aromatic rings. The van der Waals surface area contributed by atoms with E-state index in [0.717, 1.165) is 11.8 Å². The molecule has 56 valence electrons. The normalized spacial score (nSPS) is 36.7. The highest BCUT2D eigenvalue weighted by molar-refractivity contribution is 8.03. The minimum absolute atomic E-state index is 0.971. The van der Waals surface area contributed by atoms with Crippen molar-refractivity contribution in [2.45, 2.75) is 26.2 Å². The zero-order valence-electron chi connectivity index (χ0n) is 6.47. The van der Waals surface area contributed by atoms with Crippen LogP contribution in [0.25, 0.3) is 0 Å². The lowest BCUT2D eigenvalue weighted by molar-refractivity contribution is 0.686. The lowest BCUT2D eigenvalue weighted by atomic mass is 10.1. The van der Waals surface area contributed by atoms with Crippen LogP contribution in [0.3, 0.4) is 0 Å². The highest BCUT2D eigenvalue weighted by atomic mass is 32.2. The zero-order chi connectivity index (χ0) is 6.97. The lowest BCUT2D eigenvalue weighted by Crippen LogP contribution is -1.93. The molecule has 2 atom stereocenters. The Labute approximate surface area is 67.1 Å². The van der Waals surface area contributed by atoms with Gasteiger partial charge in [-0.25, -0.2) is 0 Å². The van der Waals surface area contributed by atoms with Crippen LogP contribution in [0, 0.1) is 11.8 Å². The topological polar surface area (TPSA) is 0 Å². The number of allylic oxidation sites excluding steroid dienone is 2. The summed E-state index contributed by atoms with van der Waals surface area (Å²) in [7, 11) is 0. The first-order valence-corrected chi connectivity index (χ1v) is 5.23. The van der Waals surface area contributed by atoms with Crippen LogP contribution in [0.15, 0.2) is 11.0 Å². The van der Waals surface area contributed by atoms with Gasteiger partial charge in [-0.2, -0.15) is 0 Å². The van der Waals surface area contributed by atoms with Crippen molar-refractivity contribution in [1.29, 1.82) is 0 Å². The molecule has 0 spiro atoms. The predicted octanol–water partition coefficient (Wildman–Crippen LogP) is 3.05. The van der Waals surface area contributed by atoms with E-state index in [2.05, 4.69) is 24.8 Å². The van der Waals surface area contributed by atoms with Crippen molar-refractivity contribution in [3.05, 3.63) is 11.0 Å². The van der Waals surface area contributed by atoms with E-state index in [4.69, 9.17) is 0 Å². The van der Waals surface area contributed by atoms with Gasteiger partial charge in [0.1, 0.15) is 0 Å². The fraction of sp³-hybridized carbons (Fsp3) is 0.778. The van der Waals surface area contributed by atoms with Crippen molar-refractivity contribution >= 4 is 11.8 Å². The molecule has 1 fully saturated rings. The Morgan fingerprint density at radius 3 is 3.00 bits per heavy atom. The van der Waals surface area contributed by atoms with Gasteiger partial charge in [-0.1, -0.05) is 13.0 Å². The van der Waals surface area contributed by atoms with Gasteiger partial charge in [0.25, 0.3) is 0 Å². The number of hydrogen-bond donors (Lipinski definition) is 0. The van der Waals surface area contributed by atoms with Crippen molar-refractivity contribution in [3.8, 4) is 0 Å². The summed E-state index contributed by atoms with van der Waals surface area (Å²) < 4.78 is 0. The van der Waals surface area contributed by atoms with Crippen LogP contribution in [-0.2, 0) is 0 Å². The fourth-order valence-corrected chi connectivity index (χ4v) is 3.20. The Balaban J connectivity index is 2.03. The van der Waals surface area contributed by atoms with Crippen molar-refractivity contribution < 1.29 is 0 Å². The highest BCUT2D eigenvalue weighted by Gasteiger charge is 2.32. The molecule has 0 heterocycles. The molecule has 0 aromatic carbocycles. The Kier molecular flexibility index (Phi) is 1.77. The molecule has 2 rings (SSSR count). The highest BCUT2D eigenvalue weighted by Crippen LogP contribution is 2.47. The molecule has 1 saturated carbocycles. The molecule has 2 aliphatic carbocycles. The van der Waals surface area contributed by atoms with Gasteiger partial charge in [0.05, 0.1) is 0 Å². The largest absolute Gasteiger partial charge is 0.131 e. The van der Waals surface area contributed by atoms with Gasteiger partial charge in [0, 0.05) is 0 Å². The van der Waals surface area contributed by atoms with Gasteiger partial charge in [-0.15, -0.1) is 11.8 Å². The molecule has 0 saturated heterocycles. The Morgan fingerprint density at radius 1 is 1.60 bits per heavy atom. The molecule has 1 heteroatoms. The third-order valence-corrected chi connectivity index (χ3v) is 3.68. The fourth-order valence-electron chi connectivity index (χ4n) is 2.13. The SMILES string of the molecule is CCSC1=CC2CCC1C2. The summed E-state index contributed by atoms with van der Waals surface area (Å²) in [5.41, 5.74) is 0. The predicted molar refractivity (Wildman–Crippen MR) is 47.0 cm³/mol. The van der Waals surface area contributed by atoms with Crippen LogP contribution < -0.4 is 0 Å². The Hall–Kier alpha value is 0.0900. The molecule has 0 N–H and O–H groups in total. The molecule has 0 aliphatic heterocycles. The first kappa shape index (κ1) is 6.78. The first-order valence-electron chi connectivity index (χ1n) is 4.24. The van der Waals surface area contributed by atoms with E-state index in [1.807, 2.05) is 0 Å². The summed E-state index contributed by atoms with van der Waals surface area (Å²) in [5.74, 6) is 3.21. The maximum Gasteiger partial charge on any atom is -0.00517 e. The van der Waals surface area contributed by atoms with Gasteiger partial charge >= 0.3 is 0 Å². The van der Waals surface area contributed by atoms with Gasteiger partial charge < -0.3 is 0 Å². The molecule has 2 bridgehead atoms. The Morgan fingerprint density at radius 2 is 2.50 bits per heavy atom. The number of hydrogen-bond acceptors (Lipinski definition) is 1. The number of thioether (sulfide) groups is 1. The van der Waals surface area contributed by atoms with Crippen molar-refractivity contribution in [1.82, 2.24) is 0 Å². The molecule has 0 amide bonds. The second-order valence-electron chi connectivity index (χ2n) is 3.27.